The molecule has 0 atom stereocenters. The van der Waals surface area contributed by atoms with Gasteiger partial charge in [-0.3, -0.25) is 9.59 Å². The average Bonchev–Trinajstić information content (AvgIpc) is 3.29. The Kier molecular flexibility index (Phi) is 5.60. The molecule has 2 heterocycles. The first-order valence-electron chi connectivity index (χ1n) is 9.17. The quantitative estimate of drug-likeness (QED) is 0.445. The van der Waals surface area contributed by atoms with E-state index >= 15 is 0 Å². The van der Waals surface area contributed by atoms with Crippen molar-refractivity contribution in [3.05, 3.63) is 83.0 Å². The summed E-state index contributed by atoms with van der Waals surface area (Å²) in [6.07, 6.45) is 1.46. The molecule has 158 valence electrons. The minimum atomic E-state index is -3.74. The fourth-order valence-corrected chi connectivity index (χ4v) is 3.84. The van der Waals surface area contributed by atoms with Gasteiger partial charge in [0, 0.05) is 5.69 Å². The van der Waals surface area contributed by atoms with E-state index in [1.165, 1.54) is 30.5 Å². The first-order chi connectivity index (χ1) is 14.9. The molecule has 4 rings (SSSR count). The van der Waals surface area contributed by atoms with Crippen molar-refractivity contribution in [3.8, 4) is 0 Å². The number of nitrogens with zero attached hydrogens (tertiary/aromatic N) is 3. The summed E-state index contributed by atoms with van der Waals surface area (Å²) in [5.74, 6) is -0.0160. The van der Waals surface area contributed by atoms with E-state index in [-0.39, 0.29) is 18.0 Å². The Morgan fingerprint density at radius 1 is 1.03 bits per heavy atom. The Morgan fingerprint density at radius 3 is 2.55 bits per heavy atom. The maximum Gasteiger partial charge on any atom is 0.278 e. The first kappa shape index (κ1) is 20.4. The molecule has 0 saturated carbocycles. The molecule has 10 nitrogen and oxygen atoms in total. The third kappa shape index (κ3) is 4.68. The predicted molar refractivity (Wildman–Crippen MR) is 112 cm³/mol. The second-order valence-corrected chi connectivity index (χ2v) is 8.31. The molecule has 0 aliphatic rings. The van der Waals surface area contributed by atoms with Crippen molar-refractivity contribution in [2.45, 2.75) is 18.0 Å². The molecule has 1 amide bonds. The van der Waals surface area contributed by atoms with Gasteiger partial charge in [0.05, 0.1) is 23.1 Å². The van der Waals surface area contributed by atoms with Gasteiger partial charge in [0.15, 0.2) is 0 Å². The van der Waals surface area contributed by atoms with Crippen LogP contribution < -0.4 is 15.6 Å². The number of rotatable bonds is 7. The number of benzene rings is 2. The molecule has 2 aromatic heterocycles. The van der Waals surface area contributed by atoms with Gasteiger partial charge in [-0.05, 0) is 48.5 Å². The molecule has 31 heavy (non-hydrogen) atoms. The number of amides is 1. The summed E-state index contributed by atoms with van der Waals surface area (Å²) in [5, 5.41) is 10.7. The second-order valence-electron chi connectivity index (χ2n) is 6.55. The van der Waals surface area contributed by atoms with Crippen LogP contribution in [-0.4, -0.2) is 29.3 Å². The summed E-state index contributed by atoms with van der Waals surface area (Å²) in [5.41, 5.74) is 0.392. The maximum absolute atomic E-state index is 12.4. The van der Waals surface area contributed by atoms with E-state index in [2.05, 4.69) is 20.4 Å². The highest BCUT2D eigenvalue weighted by Crippen LogP contribution is 2.15. The molecule has 4 aromatic rings. The zero-order chi connectivity index (χ0) is 21.8. The molecular formula is C20H17N5O5S. The van der Waals surface area contributed by atoms with Crippen molar-refractivity contribution in [1.82, 2.24) is 19.7 Å². The van der Waals surface area contributed by atoms with Gasteiger partial charge in [-0.15, -0.1) is 5.10 Å². The van der Waals surface area contributed by atoms with Gasteiger partial charge in [0.1, 0.15) is 17.8 Å². The number of carbonyl (C=O) groups is 1. The van der Waals surface area contributed by atoms with Gasteiger partial charge < -0.3 is 9.73 Å². The lowest BCUT2D eigenvalue weighted by Crippen LogP contribution is -2.30. The van der Waals surface area contributed by atoms with E-state index in [4.69, 9.17) is 4.42 Å². The number of carbonyl (C=O) groups excluding carboxylic acids is 1. The molecule has 0 bridgehead atoms. The third-order valence-corrected chi connectivity index (χ3v) is 5.80. The molecule has 0 radical (unpaired) electrons. The van der Waals surface area contributed by atoms with Crippen LogP contribution in [0.5, 0.6) is 0 Å². The van der Waals surface area contributed by atoms with Crippen molar-refractivity contribution in [3.63, 3.8) is 0 Å². The highest BCUT2D eigenvalue weighted by Gasteiger charge is 2.15. The van der Waals surface area contributed by atoms with Crippen LogP contribution in [0.1, 0.15) is 5.76 Å². The zero-order valence-corrected chi connectivity index (χ0v) is 16.9. The molecule has 0 aliphatic heterocycles. The number of anilines is 1. The van der Waals surface area contributed by atoms with E-state index in [1.807, 2.05) is 0 Å². The van der Waals surface area contributed by atoms with Crippen LogP contribution in [0.4, 0.5) is 5.69 Å². The molecule has 11 heteroatoms. The number of sulfonamides is 1. The fourth-order valence-electron chi connectivity index (χ4n) is 2.84. The van der Waals surface area contributed by atoms with Gasteiger partial charge in [-0.1, -0.05) is 17.3 Å². The number of nitrogens with one attached hydrogen (secondary N) is 2. The van der Waals surface area contributed by atoms with Crippen molar-refractivity contribution >= 4 is 32.5 Å². The lowest BCUT2D eigenvalue weighted by Gasteiger charge is -2.09. The van der Waals surface area contributed by atoms with Crippen LogP contribution >= 0.6 is 0 Å². The Balaban J connectivity index is 1.41. The second kappa shape index (κ2) is 8.50. The van der Waals surface area contributed by atoms with Crippen molar-refractivity contribution in [1.29, 1.82) is 0 Å². The molecule has 0 fully saturated rings. The molecule has 0 spiro atoms. The minimum Gasteiger partial charge on any atom is -0.468 e. The molecule has 0 aliphatic carbocycles. The Morgan fingerprint density at radius 2 is 1.81 bits per heavy atom. The van der Waals surface area contributed by atoms with Crippen molar-refractivity contribution in [2.75, 3.05) is 5.32 Å². The van der Waals surface area contributed by atoms with Gasteiger partial charge >= 0.3 is 0 Å². The summed E-state index contributed by atoms with van der Waals surface area (Å²) >= 11 is 0. The normalized spacial score (nSPS) is 11.5. The summed E-state index contributed by atoms with van der Waals surface area (Å²) in [4.78, 5) is 24.8. The molecule has 2 N–H and O–H groups in total. The van der Waals surface area contributed by atoms with Gasteiger partial charge in [0.25, 0.3) is 5.56 Å². The number of hydrogen-bond acceptors (Lipinski definition) is 7. The van der Waals surface area contributed by atoms with Crippen LogP contribution in [0.15, 0.2) is 81.0 Å². The lowest BCUT2D eigenvalue weighted by atomic mass is 10.2. The van der Waals surface area contributed by atoms with Crippen LogP contribution in [0.25, 0.3) is 10.9 Å². The Bertz CT molecular complexity index is 1380. The zero-order valence-electron chi connectivity index (χ0n) is 16.1. The molecule has 0 saturated heterocycles. The van der Waals surface area contributed by atoms with Crippen molar-refractivity contribution < 1.29 is 17.6 Å². The summed E-state index contributed by atoms with van der Waals surface area (Å²) < 4.78 is 33.2. The SMILES string of the molecule is O=C(Cn1nnc2ccccc2c1=O)Nc1ccc(S(=O)(=O)NCc2ccco2)cc1. The molecule has 2 aromatic carbocycles. The largest absolute Gasteiger partial charge is 0.468 e. The van der Waals surface area contributed by atoms with Gasteiger partial charge in [0.2, 0.25) is 15.9 Å². The number of furan rings is 1. The standard InChI is InChI=1S/C20H17N5O5S/c26-19(13-25-20(27)17-5-1-2-6-18(17)23-24-25)22-14-7-9-16(10-8-14)31(28,29)21-12-15-4-3-11-30-15/h1-11,21H,12-13H2,(H,22,26). The van der Waals surface area contributed by atoms with Crippen LogP contribution in [0, 0.1) is 0 Å². The topological polar surface area (TPSA) is 136 Å². The van der Waals surface area contributed by atoms with E-state index in [0.29, 0.717) is 22.4 Å². The Labute approximate surface area is 176 Å². The summed E-state index contributed by atoms with van der Waals surface area (Å²) in [7, 11) is -3.74. The maximum atomic E-state index is 12.4. The predicted octanol–water partition coefficient (Wildman–Crippen LogP) is 1.50. The van der Waals surface area contributed by atoms with Gasteiger partial charge in [-0.2, -0.15) is 0 Å². The number of hydrogen-bond donors (Lipinski definition) is 2. The van der Waals surface area contributed by atoms with E-state index in [1.54, 1.807) is 36.4 Å². The highest BCUT2D eigenvalue weighted by molar-refractivity contribution is 7.89. The Hall–Kier alpha value is -3.83. The summed E-state index contributed by atoms with van der Waals surface area (Å²) in [6.45, 7) is -0.309. The highest BCUT2D eigenvalue weighted by atomic mass is 32.2. The van der Waals surface area contributed by atoms with Crippen LogP contribution in [-0.2, 0) is 27.9 Å². The molecular weight excluding hydrogens is 422 g/mol. The number of aromatic nitrogens is 3. The number of fused-ring (bicyclic) bond motifs is 1. The van der Waals surface area contributed by atoms with E-state index in [0.717, 1.165) is 4.68 Å². The fraction of sp³-hybridized carbons (Fsp3) is 0.100. The average molecular weight is 439 g/mol. The molecule has 0 unspecified atom stereocenters. The summed E-state index contributed by atoms with van der Waals surface area (Å²) in [6, 6.07) is 15.7. The monoisotopic (exact) mass is 439 g/mol. The van der Waals surface area contributed by atoms with E-state index < -0.39 is 21.5 Å². The van der Waals surface area contributed by atoms with E-state index in [9.17, 15) is 18.0 Å². The van der Waals surface area contributed by atoms with Crippen LogP contribution in [0.3, 0.4) is 0 Å². The minimum absolute atomic E-state index is 0.0232. The smallest absolute Gasteiger partial charge is 0.278 e. The third-order valence-electron chi connectivity index (χ3n) is 4.39. The van der Waals surface area contributed by atoms with Gasteiger partial charge in [-0.25, -0.2) is 17.8 Å². The van der Waals surface area contributed by atoms with Crippen LogP contribution in [0.2, 0.25) is 0 Å². The first-order valence-corrected chi connectivity index (χ1v) is 10.7. The lowest BCUT2D eigenvalue weighted by molar-refractivity contribution is -0.117. The van der Waals surface area contributed by atoms with Crippen molar-refractivity contribution in [2.24, 2.45) is 0 Å².